The number of amides is 1. The van der Waals surface area contributed by atoms with Crippen molar-refractivity contribution in [2.45, 2.75) is 37.1 Å². The summed E-state index contributed by atoms with van der Waals surface area (Å²) in [6.07, 6.45) is 0.873. The molecule has 1 heterocycles. The van der Waals surface area contributed by atoms with Gasteiger partial charge in [-0.05, 0) is 30.2 Å². The number of aliphatic carboxylic acids is 1. The van der Waals surface area contributed by atoms with Crippen molar-refractivity contribution in [2.24, 2.45) is 0 Å². The van der Waals surface area contributed by atoms with Gasteiger partial charge in [0.25, 0.3) is 0 Å². The van der Waals surface area contributed by atoms with E-state index in [1.165, 1.54) is 18.2 Å². The molecule has 3 N–H and O–H groups in total. The summed E-state index contributed by atoms with van der Waals surface area (Å²) < 4.78 is 26.6. The number of carboxylic acids is 1. The van der Waals surface area contributed by atoms with E-state index in [4.69, 9.17) is 5.11 Å². The van der Waals surface area contributed by atoms with Crippen LogP contribution in [0.15, 0.2) is 23.1 Å². The van der Waals surface area contributed by atoms with Crippen LogP contribution in [0, 0.1) is 0 Å². The van der Waals surface area contributed by atoms with Crippen LogP contribution in [0.3, 0.4) is 0 Å². The molecule has 0 fully saturated rings. The van der Waals surface area contributed by atoms with Crippen LogP contribution in [-0.4, -0.2) is 31.4 Å². The van der Waals surface area contributed by atoms with Gasteiger partial charge >= 0.3 is 5.97 Å². The van der Waals surface area contributed by atoms with Gasteiger partial charge < -0.3 is 10.4 Å². The molecule has 114 valence electrons. The molecule has 2 rings (SSSR count). The summed E-state index contributed by atoms with van der Waals surface area (Å²) >= 11 is 0. The first-order valence-corrected chi connectivity index (χ1v) is 7.99. The number of carbonyl (C=O) groups excluding carboxylic acids is 1. The van der Waals surface area contributed by atoms with Gasteiger partial charge in [0.15, 0.2) is 0 Å². The monoisotopic (exact) mass is 312 g/mol. The molecule has 0 unspecified atom stereocenters. The Kier molecular flexibility index (Phi) is 4.29. The largest absolute Gasteiger partial charge is 0.480 e. The third-order valence-corrected chi connectivity index (χ3v) is 4.65. The number of anilines is 1. The van der Waals surface area contributed by atoms with Gasteiger partial charge in [-0.3, -0.25) is 9.59 Å². The molecular formula is C13H16N2O5S. The maximum Gasteiger partial charge on any atom is 0.321 e. The van der Waals surface area contributed by atoms with E-state index < -0.39 is 22.0 Å². The van der Waals surface area contributed by atoms with E-state index in [0.29, 0.717) is 17.7 Å². The van der Waals surface area contributed by atoms with Gasteiger partial charge in [-0.15, -0.1) is 0 Å². The van der Waals surface area contributed by atoms with Crippen LogP contribution in [-0.2, 0) is 26.0 Å². The zero-order valence-electron chi connectivity index (χ0n) is 11.4. The number of nitrogens with one attached hydrogen (secondary N) is 2. The third kappa shape index (κ3) is 3.40. The number of benzene rings is 1. The minimum absolute atomic E-state index is 0.0416. The number of sulfonamides is 1. The van der Waals surface area contributed by atoms with Gasteiger partial charge in [-0.25, -0.2) is 8.42 Å². The van der Waals surface area contributed by atoms with Crippen LogP contribution in [0.25, 0.3) is 0 Å². The number of hydrogen-bond donors (Lipinski definition) is 3. The Morgan fingerprint density at radius 1 is 1.48 bits per heavy atom. The number of hydrogen-bond acceptors (Lipinski definition) is 4. The van der Waals surface area contributed by atoms with Gasteiger partial charge in [0.1, 0.15) is 6.04 Å². The minimum Gasteiger partial charge on any atom is -0.480 e. The van der Waals surface area contributed by atoms with E-state index in [-0.39, 0.29) is 23.6 Å². The first-order valence-electron chi connectivity index (χ1n) is 6.51. The average molecular weight is 312 g/mol. The van der Waals surface area contributed by atoms with Crippen LogP contribution in [0.1, 0.15) is 25.3 Å². The molecular weight excluding hydrogens is 296 g/mol. The highest BCUT2D eigenvalue weighted by Gasteiger charge is 2.26. The maximum atomic E-state index is 12.2. The molecule has 0 saturated carbocycles. The van der Waals surface area contributed by atoms with Crippen molar-refractivity contribution >= 4 is 27.6 Å². The van der Waals surface area contributed by atoms with Crippen molar-refractivity contribution in [3.8, 4) is 0 Å². The Balaban J connectivity index is 2.26. The summed E-state index contributed by atoms with van der Waals surface area (Å²) in [5, 5.41) is 11.6. The SMILES string of the molecule is CCC[C@H](NS(=O)(=O)c1ccc2c(c1)CC(=O)N2)C(=O)O. The lowest BCUT2D eigenvalue weighted by Crippen LogP contribution is -2.40. The molecule has 1 aromatic carbocycles. The summed E-state index contributed by atoms with van der Waals surface area (Å²) in [5.41, 5.74) is 1.17. The predicted octanol–water partition coefficient (Wildman–Crippen LogP) is 0.713. The van der Waals surface area contributed by atoms with Crippen molar-refractivity contribution in [1.29, 1.82) is 0 Å². The highest BCUT2D eigenvalue weighted by Crippen LogP contribution is 2.25. The molecule has 1 aliphatic heterocycles. The van der Waals surface area contributed by atoms with E-state index in [2.05, 4.69) is 10.0 Å². The number of carbonyl (C=O) groups is 2. The molecule has 0 radical (unpaired) electrons. The Labute approximate surface area is 122 Å². The molecule has 0 spiro atoms. The Bertz CT molecular complexity index is 684. The van der Waals surface area contributed by atoms with E-state index in [1.54, 1.807) is 6.92 Å². The summed E-state index contributed by atoms with van der Waals surface area (Å²) in [4.78, 5) is 22.3. The standard InChI is InChI=1S/C13H16N2O5S/c1-2-3-11(13(17)18)15-21(19,20)9-4-5-10-8(6-9)7-12(16)14-10/h4-6,11,15H,2-3,7H2,1H3,(H,14,16)(H,17,18)/t11-/m0/s1. The summed E-state index contributed by atoms with van der Waals surface area (Å²) in [6.45, 7) is 1.77. The lowest BCUT2D eigenvalue weighted by atomic mass is 10.2. The molecule has 0 aromatic heterocycles. The highest BCUT2D eigenvalue weighted by molar-refractivity contribution is 7.89. The smallest absolute Gasteiger partial charge is 0.321 e. The second-order valence-corrected chi connectivity index (χ2v) is 6.56. The number of carboxylic acid groups (broad SMARTS) is 1. The molecule has 7 nitrogen and oxygen atoms in total. The fourth-order valence-electron chi connectivity index (χ4n) is 2.15. The zero-order valence-corrected chi connectivity index (χ0v) is 12.2. The molecule has 0 saturated heterocycles. The van der Waals surface area contributed by atoms with Crippen LogP contribution >= 0.6 is 0 Å². The zero-order chi connectivity index (χ0) is 15.6. The normalized spacial score (nSPS) is 15.4. The molecule has 0 bridgehead atoms. The van der Waals surface area contributed by atoms with Gasteiger partial charge in [0.2, 0.25) is 15.9 Å². The summed E-state index contributed by atoms with van der Waals surface area (Å²) in [7, 11) is -3.94. The average Bonchev–Trinajstić information content (AvgIpc) is 2.76. The maximum absolute atomic E-state index is 12.2. The van der Waals surface area contributed by atoms with Crippen molar-refractivity contribution in [1.82, 2.24) is 4.72 Å². The number of rotatable bonds is 6. The van der Waals surface area contributed by atoms with Crippen LogP contribution in [0.4, 0.5) is 5.69 Å². The predicted molar refractivity (Wildman–Crippen MR) is 75.4 cm³/mol. The molecule has 1 amide bonds. The Hall–Kier alpha value is -1.93. The molecule has 1 aliphatic rings. The summed E-state index contributed by atoms with van der Waals surface area (Å²) in [5.74, 6) is -1.40. The van der Waals surface area contributed by atoms with Crippen molar-refractivity contribution in [3.63, 3.8) is 0 Å². The fraction of sp³-hybridized carbons (Fsp3) is 0.385. The Morgan fingerprint density at radius 3 is 2.81 bits per heavy atom. The second kappa shape index (κ2) is 5.82. The topological polar surface area (TPSA) is 113 Å². The first-order chi connectivity index (χ1) is 9.83. The first kappa shape index (κ1) is 15.5. The van der Waals surface area contributed by atoms with Crippen molar-refractivity contribution in [3.05, 3.63) is 23.8 Å². The van der Waals surface area contributed by atoms with Gasteiger partial charge in [0.05, 0.1) is 11.3 Å². The summed E-state index contributed by atoms with van der Waals surface area (Å²) in [6, 6.07) is 3.08. The van der Waals surface area contributed by atoms with E-state index >= 15 is 0 Å². The van der Waals surface area contributed by atoms with E-state index in [9.17, 15) is 18.0 Å². The second-order valence-electron chi connectivity index (χ2n) is 4.84. The van der Waals surface area contributed by atoms with Crippen LogP contribution in [0.2, 0.25) is 0 Å². The molecule has 0 aliphatic carbocycles. The molecule has 8 heteroatoms. The lowest BCUT2D eigenvalue weighted by Gasteiger charge is -2.14. The fourth-order valence-corrected chi connectivity index (χ4v) is 3.42. The molecule has 1 atom stereocenters. The third-order valence-electron chi connectivity index (χ3n) is 3.18. The molecule has 21 heavy (non-hydrogen) atoms. The van der Waals surface area contributed by atoms with Gasteiger partial charge in [-0.2, -0.15) is 4.72 Å². The van der Waals surface area contributed by atoms with Gasteiger partial charge in [-0.1, -0.05) is 13.3 Å². The van der Waals surface area contributed by atoms with Crippen LogP contribution in [0.5, 0.6) is 0 Å². The minimum atomic E-state index is -3.94. The number of fused-ring (bicyclic) bond motifs is 1. The van der Waals surface area contributed by atoms with Crippen molar-refractivity contribution in [2.75, 3.05) is 5.32 Å². The van der Waals surface area contributed by atoms with Crippen molar-refractivity contribution < 1.29 is 23.1 Å². The van der Waals surface area contributed by atoms with E-state index in [0.717, 1.165) is 0 Å². The molecule has 1 aromatic rings. The lowest BCUT2D eigenvalue weighted by molar-refractivity contribution is -0.139. The van der Waals surface area contributed by atoms with E-state index in [1.807, 2.05) is 0 Å². The Morgan fingerprint density at radius 2 is 2.19 bits per heavy atom. The van der Waals surface area contributed by atoms with Crippen LogP contribution < -0.4 is 10.0 Å². The highest BCUT2D eigenvalue weighted by atomic mass is 32.2. The van der Waals surface area contributed by atoms with Gasteiger partial charge in [0, 0.05) is 5.69 Å². The quantitative estimate of drug-likeness (QED) is 0.716.